The molecule has 0 N–H and O–H groups in total. The highest BCUT2D eigenvalue weighted by Gasteiger charge is 2.14. The summed E-state index contributed by atoms with van der Waals surface area (Å²) in [6, 6.07) is 7.09. The van der Waals surface area contributed by atoms with Gasteiger partial charge in [0.25, 0.3) is 0 Å². The summed E-state index contributed by atoms with van der Waals surface area (Å²) in [7, 11) is 0. The van der Waals surface area contributed by atoms with E-state index >= 15 is 0 Å². The van der Waals surface area contributed by atoms with Crippen LogP contribution in [0, 0.1) is 5.92 Å². The first-order valence-electron chi connectivity index (χ1n) is 6.52. The number of hydrogen-bond acceptors (Lipinski definition) is 1. The lowest BCUT2D eigenvalue weighted by molar-refractivity contribution is 0.268. The van der Waals surface area contributed by atoms with Crippen LogP contribution in [-0.2, 0) is 19.4 Å². The Morgan fingerprint density at radius 1 is 1.25 bits per heavy atom. The molecule has 0 radical (unpaired) electrons. The number of fused-ring (bicyclic) bond motifs is 1. The molecule has 0 unspecified atom stereocenters. The molecule has 0 saturated carbocycles. The van der Waals surface area contributed by atoms with Gasteiger partial charge in [-0.15, -0.1) is 0 Å². The summed E-state index contributed by atoms with van der Waals surface area (Å²) in [5.41, 5.74) is 4.64. The van der Waals surface area contributed by atoms with E-state index in [0.29, 0.717) is 0 Å². The minimum absolute atomic E-state index is 0.758. The molecule has 0 spiro atoms. The highest BCUT2D eigenvalue weighted by Crippen LogP contribution is 2.21. The van der Waals surface area contributed by atoms with Crippen LogP contribution in [0.1, 0.15) is 37.5 Å². The van der Waals surface area contributed by atoms with Gasteiger partial charge in [-0.25, -0.2) is 0 Å². The van der Waals surface area contributed by atoms with Gasteiger partial charge in [0.2, 0.25) is 0 Å². The van der Waals surface area contributed by atoms with E-state index in [1.54, 1.807) is 11.1 Å². The van der Waals surface area contributed by atoms with Crippen molar-refractivity contribution in [2.24, 2.45) is 5.92 Å². The zero-order valence-corrected chi connectivity index (χ0v) is 10.8. The summed E-state index contributed by atoms with van der Waals surface area (Å²) in [5, 5.41) is 0. The van der Waals surface area contributed by atoms with Crippen LogP contribution in [0.3, 0.4) is 0 Å². The van der Waals surface area contributed by atoms with Gasteiger partial charge in [-0.2, -0.15) is 0 Å². The van der Waals surface area contributed by atoms with Crippen molar-refractivity contribution in [2.75, 3.05) is 13.1 Å². The largest absolute Gasteiger partial charge is 0.299 e. The van der Waals surface area contributed by atoms with Crippen molar-refractivity contribution in [3.05, 3.63) is 34.9 Å². The molecule has 0 atom stereocenters. The van der Waals surface area contributed by atoms with Gasteiger partial charge in [-0.1, -0.05) is 39.0 Å². The average molecular weight is 217 g/mol. The first kappa shape index (κ1) is 11.7. The lowest BCUT2D eigenvalue weighted by atomic mass is 9.94. The van der Waals surface area contributed by atoms with Crippen molar-refractivity contribution < 1.29 is 0 Å². The predicted molar refractivity (Wildman–Crippen MR) is 69.6 cm³/mol. The maximum Gasteiger partial charge on any atom is 0.0236 e. The van der Waals surface area contributed by atoms with E-state index in [2.05, 4.69) is 43.9 Å². The lowest BCUT2D eigenvalue weighted by Gasteiger charge is -2.28. The topological polar surface area (TPSA) is 3.24 Å². The van der Waals surface area contributed by atoms with Gasteiger partial charge in [-0.3, -0.25) is 4.90 Å². The Morgan fingerprint density at radius 2 is 2.06 bits per heavy atom. The first-order valence-corrected chi connectivity index (χ1v) is 6.52. The molecule has 1 aliphatic rings. The van der Waals surface area contributed by atoms with E-state index in [4.69, 9.17) is 0 Å². The van der Waals surface area contributed by atoms with Crippen LogP contribution in [0.2, 0.25) is 0 Å². The molecular formula is C15H23N. The van der Waals surface area contributed by atoms with Crippen LogP contribution in [0.15, 0.2) is 18.2 Å². The van der Waals surface area contributed by atoms with Crippen LogP contribution < -0.4 is 0 Å². The van der Waals surface area contributed by atoms with Crippen LogP contribution in [-0.4, -0.2) is 18.0 Å². The number of benzene rings is 1. The quantitative estimate of drug-likeness (QED) is 0.751. The Bertz CT molecular complexity index is 354. The average Bonchev–Trinajstić information content (AvgIpc) is 2.27. The summed E-state index contributed by atoms with van der Waals surface area (Å²) in [5.74, 6) is 0.758. The maximum absolute atomic E-state index is 2.52. The van der Waals surface area contributed by atoms with Crippen molar-refractivity contribution in [1.29, 1.82) is 0 Å². The third-order valence-corrected chi connectivity index (χ3v) is 3.45. The molecule has 2 rings (SSSR count). The second kappa shape index (κ2) is 5.01. The Labute approximate surface area is 99.5 Å². The van der Waals surface area contributed by atoms with Crippen molar-refractivity contribution in [1.82, 2.24) is 4.90 Å². The maximum atomic E-state index is 2.52. The van der Waals surface area contributed by atoms with Crippen molar-refractivity contribution in [3.8, 4) is 0 Å². The molecule has 1 heterocycles. The fraction of sp³-hybridized carbons (Fsp3) is 0.600. The summed E-state index contributed by atoms with van der Waals surface area (Å²) < 4.78 is 0. The molecule has 1 nitrogen and oxygen atoms in total. The van der Waals surface area contributed by atoms with Gasteiger partial charge >= 0.3 is 0 Å². The van der Waals surface area contributed by atoms with E-state index in [1.807, 2.05) is 0 Å². The first-order chi connectivity index (χ1) is 7.69. The molecule has 0 amide bonds. The lowest BCUT2D eigenvalue weighted by Crippen LogP contribution is -2.30. The second-order valence-corrected chi connectivity index (χ2v) is 5.32. The third kappa shape index (κ3) is 2.65. The third-order valence-electron chi connectivity index (χ3n) is 3.45. The van der Waals surface area contributed by atoms with Crippen LogP contribution >= 0.6 is 0 Å². The Hall–Kier alpha value is -0.820. The standard InChI is InChI=1S/C15H23N/c1-4-16-8-7-14-10-13(9-12(2)3)5-6-15(14)11-16/h5-6,10,12H,4,7-9,11H2,1-3H3. The zero-order valence-electron chi connectivity index (χ0n) is 10.8. The van der Waals surface area contributed by atoms with Gasteiger partial charge in [0.05, 0.1) is 0 Å². The Balaban J connectivity index is 2.15. The summed E-state index contributed by atoms with van der Waals surface area (Å²) in [6.45, 7) is 10.4. The van der Waals surface area contributed by atoms with E-state index in [9.17, 15) is 0 Å². The van der Waals surface area contributed by atoms with Gasteiger partial charge in [0.1, 0.15) is 0 Å². The van der Waals surface area contributed by atoms with Gasteiger partial charge in [0.15, 0.2) is 0 Å². The van der Waals surface area contributed by atoms with Crippen LogP contribution in [0.25, 0.3) is 0 Å². The van der Waals surface area contributed by atoms with Crippen molar-refractivity contribution in [2.45, 2.75) is 40.2 Å². The molecule has 1 aromatic carbocycles. The molecule has 1 aromatic rings. The van der Waals surface area contributed by atoms with Gasteiger partial charge in [0, 0.05) is 13.1 Å². The Morgan fingerprint density at radius 3 is 2.75 bits per heavy atom. The van der Waals surface area contributed by atoms with Crippen molar-refractivity contribution in [3.63, 3.8) is 0 Å². The second-order valence-electron chi connectivity index (χ2n) is 5.32. The van der Waals surface area contributed by atoms with Gasteiger partial charge < -0.3 is 0 Å². The molecule has 1 heteroatoms. The highest BCUT2D eigenvalue weighted by molar-refractivity contribution is 5.34. The molecule has 88 valence electrons. The molecule has 0 saturated heterocycles. The molecule has 0 aliphatic carbocycles. The number of likely N-dealkylation sites (N-methyl/N-ethyl adjacent to an activating group) is 1. The van der Waals surface area contributed by atoms with Gasteiger partial charge in [-0.05, 0) is 42.0 Å². The number of hydrogen-bond donors (Lipinski definition) is 0. The SMILES string of the molecule is CCN1CCc2cc(CC(C)C)ccc2C1. The van der Waals surface area contributed by atoms with Crippen LogP contribution in [0.5, 0.6) is 0 Å². The predicted octanol–water partition coefficient (Wildman–Crippen LogP) is 3.26. The molecule has 0 fully saturated rings. The number of rotatable bonds is 3. The minimum Gasteiger partial charge on any atom is -0.299 e. The zero-order chi connectivity index (χ0) is 11.5. The monoisotopic (exact) mass is 217 g/mol. The van der Waals surface area contributed by atoms with E-state index < -0.39 is 0 Å². The minimum atomic E-state index is 0.758. The fourth-order valence-corrected chi connectivity index (χ4v) is 2.53. The van der Waals surface area contributed by atoms with E-state index in [1.165, 1.54) is 31.5 Å². The van der Waals surface area contributed by atoms with E-state index in [-0.39, 0.29) is 0 Å². The molecular weight excluding hydrogens is 194 g/mol. The molecule has 1 aliphatic heterocycles. The number of nitrogens with zero attached hydrogens (tertiary/aromatic N) is 1. The van der Waals surface area contributed by atoms with Crippen molar-refractivity contribution >= 4 is 0 Å². The normalized spacial score (nSPS) is 16.5. The fourth-order valence-electron chi connectivity index (χ4n) is 2.53. The molecule has 16 heavy (non-hydrogen) atoms. The molecule has 0 bridgehead atoms. The summed E-state index contributed by atoms with van der Waals surface area (Å²) in [6.07, 6.45) is 2.44. The smallest absolute Gasteiger partial charge is 0.0236 e. The Kier molecular flexibility index (Phi) is 3.65. The van der Waals surface area contributed by atoms with E-state index in [0.717, 1.165) is 12.5 Å². The molecule has 0 aromatic heterocycles. The van der Waals surface area contributed by atoms with Crippen LogP contribution in [0.4, 0.5) is 0 Å². The summed E-state index contributed by atoms with van der Waals surface area (Å²) >= 11 is 0. The summed E-state index contributed by atoms with van der Waals surface area (Å²) in [4.78, 5) is 2.52. The highest BCUT2D eigenvalue weighted by atomic mass is 15.1.